The molecule has 1 aliphatic carbocycles. The molecule has 1 atom stereocenters. The summed E-state index contributed by atoms with van der Waals surface area (Å²) in [5.41, 5.74) is 1.07. The maximum absolute atomic E-state index is 12.2. The number of para-hydroxylation sites is 1. The summed E-state index contributed by atoms with van der Waals surface area (Å²) in [7, 11) is 1.91. The summed E-state index contributed by atoms with van der Waals surface area (Å²) >= 11 is 0. The second-order valence-electron chi connectivity index (χ2n) is 6.56. The van der Waals surface area contributed by atoms with Crippen molar-refractivity contribution in [3.63, 3.8) is 0 Å². The van der Waals surface area contributed by atoms with Gasteiger partial charge in [-0.3, -0.25) is 4.79 Å². The maximum Gasteiger partial charge on any atom is 0.220 e. The monoisotopic (exact) mass is 338 g/mol. The smallest absolute Gasteiger partial charge is 0.220 e. The molecule has 4 nitrogen and oxygen atoms in total. The number of fused-ring (bicyclic) bond motifs is 1. The van der Waals surface area contributed by atoms with Gasteiger partial charge in [0.25, 0.3) is 0 Å². The molecule has 0 radical (unpaired) electrons. The fourth-order valence-electron chi connectivity index (χ4n) is 3.76. The number of ether oxygens (including phenoxy) is 1. The minimum Gasteiger partial charge on any atom is -0.487 e. The number of benzene rings is 1. The molecule has 5 heteroatoms. The summed E-state index contributed by atoms with van der Waals surface area (Å²) in [6.07, 6.45) is 7.02. The topological polar surface area (TPSA) is 50.4 Å². The summed E-state index contributed by atoms with van der Waals surface area (Å²) in [5, 5.41) is 6.32. The minimum absolute atomic E-state index is 0. The van der Waals surface area contributed by atoms with Crippen molar-refractivity contribution in [2.24, 2.45) is 0 Å². The lowest BCUT2D eigenvalue weighted by atomic mass is 9.86. The number of hydrogen-bond donors (Lipinski definition) is 2. The zero-order valence-electron chi connectivity index (χ0n) is 13.8. The highest BCUT2D eigenvalue weighted by Gasteiger charge is 2.43. The summed E-state index contributed by atoms with van der Waals surface area (Å²) in [4.78, 5) is 12.2. The molecular weight excluding hydrogens is 312 g/mol. The Morgan fingerprint density at radius 3 is 2.78 bits per heavy atom. The summed E-state index contributed by atoms with van der Waals surface area (Å²) in [5.74, 6) is 1.10. The average Bonchev–Trinajstić information content (AvgIpc) is 2.95. The van der Waals surface area contributed by atoms with Gasteiger partial charge in [-0.2, -0.15) is 0 Å². The van der Waals surface area contributed by atoms with Crippen LogP contribution in [0.25, 0.3) is 0 Å². The molecule has 1 aromatic rings. The van der Waals surface area contributed by atoms with Crippen molar-refractivity contribution in [2.75, 3.05) is 13.6 Å². The number of rotatable bonds is 5. The van der Waals surface area contributed by atoms with E-state index in [0.717, 1.165) is 43.5 Å². The van der Waals surface area contributed by atoms with Crippen LogP contribution >= 0.6 is 12.4 Å². The van der Waals surface area contributed by atoms with Gasteiger partial charge in [0.05, 0.1) is 6.04 Å². The highest BCUT2D eigenvalue weighted by molar-refractivity contribution is 5.85. The van der Waals surface area contributed by atoms with Crippen LogP contribution in [0.1, 0.15) is 56.6 Å². The Morgan fingerprint density at radius 1 is 1.30 bits per heavy atom. The summed E-state index contributed by atoms with van der Waals surface area (Å²) in [6, 6.07) is 8.24. The zero-order valence-corrected chi connectivity index (χ0v) is 14.6. The van der Waals surface area contributed by atoms with Crippen LogP contribution in [0.3, 0.4) is 0 Å². The fraction of sp³-hybridized carbons (Fsp3) is 0.611. The van der Waals surface area contributed by atoms with E-state index in [-0.39, 0.29) is 30.0 Å². The number of carbonyl (C=O) groups excluding carboxylic acids is 1. The first-order chi connectivity index (χ1) is 10.7. The van der Waals surface area contributed by atoms with Crippen LogP contribution in [0, 0.1) is 0 Å². The molecule has 1 heterocycles. The van der Waals surface area contributed by atoms with Gasteiger partial charge in [-0.05, 0) is 51.8 Å². The second-order valence-corrected chi connectivity index (χ2v) is 6.56. The van der Waals surface area contributed by atoms with Gasteiger partial charge in [0.1, 0.15) is 11.4 Å². The summed E-state index contributed by atoms with van der Waals surface area (Å²) in [6.45, 7) is 0.877. The molecule has 1 aliphatic heterocycles. The quantitative estimate of drug-likeness (QED) is 0.809. The first-order valence-electron chi connectivity index (χ1n) is 8.44. The molecule has 3 rings (SSSR count). The van der Waals surface area contributed by atoms with Crippen molar-refractivity contribution in [3.8, 4) is 5.75 Å². The molecule has 2 aliphatic rings. The van der Waals surface area contributed by atoms with Crippen molar-refractivity contribution in [1.82, 2.24) is 10.6 Å². The van der Waals surface area contributed by atoms with Crippen molar-refractivity contribution >= 4 is 18.3 Å². The molecule has 1 fully saturated rings. The van der Waals surface area contributed by atoms with Crippen LogP contribution < -0.4 is 15.4 Å². The largest absolute Gasteiger partial charge is 0.487 e. The van der Waals surface area contributed by atoms with E-state index in [9.17, 15) is 4.79 Å². The molecule has 0 saturated heterocycles. The first kappa shape index (κ1) is 18.1. The Kier molecular flexibility index (Phi) is 6.31. The molecule has 0 aromatic heterocycles. The van der Waals surface area contributed by atoms with Gasteiger partial charge < -0.3 is 15.4 Å². The van der Waals surface area contributed by atoms with Gasteiger partial charge in [0, 0.05) is 18.4 Å². The lowest BCUT2D eigenvalue weighted by Crippen LogP contribution is -2.43. The molecular formula is C18H27ClN2O2. The Balaban J connectivity index is 0.00000192. The third kappa shape index (κ3) is 4.18. The average molecular weight is 339 g/mol. The molecule has 1 spiro atoms. The molecule has 1 unspecified atom stereocenters. The molecule has 23 heavy (non-hydrogen) atoms. The van der Waals surface area contributed by atoms with Crippen LogP contribution in [-0.4, -0.2) is 25.1 Å². The van der Waals surface area contributed by atoms with Crippen LogP contribution in [0.15, 0.2) is 24.3 Å². The van der Waals surface area contributed by atoms with E-state index < -0.39 is 0 Å². The normalized spacial score (nSPS) is 21.2. The molecule has 2 N–H and O–H groups in total. The maximum atomic E-state index is 12.2. The van der Waals surface area contributed by atoms with Gasteiger partial charge in [-0.15, -0.1) is 12.4 Å². The van der Waals surface area contributed by atoms with Gasteiger partial charge >= 0.3 is 0 Å². The van der Waals surface area contributed by atoms with E-state index >= 15 is 0 Å². The van der Waals surface area contributed by atoms with E-state index in [4.69, 9.17) is 4.74 Å². The number of amides is 1. The predicted octanol–water partition coefficient (Wildman–Crippen LogP) is 3.36. The Morgan fingerprint density at radius 2 is 2.04 bits per heavy atom. The van der Waals surface area contributed by atoms with Gasteiger partial charge in [0.15, 0.2) is 0 Å². The van der Waals surface area contributed by atoms with E-state index in [1.54, 1.807) is 0 Å². The third-order valence-electron chi connectivity index (χ3n) is 4.88. The van der Waals surface area contributed by atoms with E-state index in [1.807, 2.05) is 25.2 Å². The van der Waals surface area contributed by atoms with E-state index in [0.29, 0.717) is 6.42 Å². The van der Waals surface area contributed by atoms with E-state index in [1.165, 1.54) is 12.8 Å². The van der Waals surface area contributed by atoms with Crippen molar-refractivity contribution < 1.29 is 9.53 Å². The highest BCUT2D eigenvalue weighted by atomic mass is 35.5. The molecule has 128 valence electrons. The highest BCUT2D eigenvalue weighted by Crippen LogP contribution is 2.46. The van der Waals surface area contributed by atoms with Gasteiger partial charge in [0.2, 0.25) is 5.91 Å². The van der Waals surface area contributed by atoms with Gasteiger partial charge in [-0.25, -0.2) is 0 Å². The zero-order chi connectivity index (χ0) is 15.4. The molecule has 0 bridgehead atoms. The van der Waals surface area contributed by atoms with Crippen molar-refractivity contribution in [1.29, 1.82) is 0 Å². The Labute approximate surface area is 144 Å². The Hall–Kier alpha value is -1.26. The lowest BCUT2D eigenvalue weighted by molar-refractivity contribution is -0.122. The number of hydrogen-bond acceptors (Lipinski definition) is 3. The number of nitrogens with one attached hydrogen (secondary N) is 2. The third-order valence-corrected chi connectivity index (χ3v) is 4.88. The fourth-order valence-corrected chi connectivity index (χ4v) is 3.76. The van der Waals surface area contributed by atoms with Crippen LogP contribution in [0.2, 0.25) is 0 Å². The minimum atomic E-state index is -0.0583. The van der Waals surface area contributed by atoms with Crippen molar-refractivity contribution in [3.05, 3.63) is 29.8 Å². The van der Waals surface area contributed by atoms with Crippen molar-refractivity contribution in [2.45, 2.75) is 56.6 Å². The standard InChI is InChI=1S/C18H26N2O2.ClH/c1-19-12-6-9-17(21)20-15-13-18(10-4-5-11-18)22-16-8-3-2-7-14(15)16;/h2-3,7-8,15,19H,4-6,9-13H2,1H3,(H,20,21);1H. The molecule has 1 saturated carbocycles. The van der Waals surface area contributed by atoms with Crippen LogP contribution in [-0.2, 0) is 4.79 Å². The van der Waals surface area contributed by atoms with Gasteiger partial charge in [-0.1, -0.05) is 18.2 Å². The Bertz CT molecular complexity index is 530. The van der Waals surface area contributed by atoms with E-state index in [2.05, 4.69) is 16.7 Å². The predicted molar refractivity (Wildman–Crippen MR) is 94.2 cm³/mol. The van der Waals surface area contributed by atoms with Crippen LogP contribution in [0.4, 0.5) is 0 Å². The second kappa shape index (κ2) is 8.02. The molecule has 1 amide bonds. The first-order valence-corrected chi connectivity index (χ1v) is 8.44. The summed E-state index contributed by atoms with van der Waals surface area (Å²) < 4.78 is 6.33. The number of carbonyl (C=O) groups is 1. The van der Waals surface area contributed by atoms with Crippen LogP contribution in [0.5, 0.6) is 5.75 Å². The SMILES string of the molecule is CNCCCC(=O)NC1CC2(CCCC2)Oc2ccccc21.Cl. The molecule has 1 aromatic carbocycles. The number of halogens is 1. The lowest BCUT2D eigenvalue weighted by Gasteiger charge is -2.40.